The number of amides is 1. The summed E-state index contributed by atoms with van der Waals surface area (Å²) in [5, 5.41) is 33.6. The van der Waals surface area contributed by atoms with Gasteiger partial charge in [0, 0.05) is 11.1 Å². The smallest absolute Gasteiger partial charge is 0.452 e. The molecule has 3 aromatic rings. The number of carbonyl (C=O) groups excluding carboxylic acids is 5. The summed E-state index contributed by atoms with van der Waals surface area (Å²) in [5.74, 6) is -9.25. The van der Waals surface area contributed by atoms with Gasteiger partial charge in [-0.2, -0.15) is 13.2 Å². The monoisotopic (exact) mass is 587 g/mol. The van der Waals surface area contributed by atoms with Gasteiger partial charge in [-0.1, -0.05) is 78.9 Å². The minimum absolute atomic E-state index is 0.218. The average Bonchev–Trinajstić information content (AvgIpc) is 3.01. The van der Waals surface area contributed by atoms with Gasteiger partial charge in [0.15, 0.2) is 11.7 Å². The van der Waals surface area contributed by atoms with E-state index in [9.17, 15) is 52.5 Å². The number of benzene rings is 3. The van der Waals surface area contributed by atoms with Gasteiger partial charge >= 0.3 is 18.1 Å². The number of halogens is 3. The number of rotatable bonds is 12. The zero-order chi connectivity index (χ0) is 31.1. The molecule has 42 heavy (non-hydrogen) atoms. The van der Waals surface area contributed by atoms with Crippen molar-refractivity contribution in [2.45, 2.75) is 30.0 Å². The molecule has 0 aliphatic carbocycles. The summed E-state index contributed by atoms with van der Waals surface area (Å²) in [5.41, 5.74) is -4.86. The maximum atomic E-state index is 13.9. The van der Waals surface area contributed by atoms with Gasteiger partial charge in [0.2, 0.25) is 17.3 Å². The van der Waals surface area contributed by atoms with Gasteiger partial charge in [0.05, 0.1) is 12.2 Å². The van der Waals surface area contributed by atoms with Crippen LogP contribution in [-0.2, 0) is 14.3 Å². The first-order chi connectivity index (χ1) is 19.8. The van der Waals surface area contributed by atoms with Crippen LogP contribution in [0.25, 0.3) is 0 Å². The maximum Gasteiger partial charge on any atom is 0.471 e. The topological polar surface area (TPSA) is 167 Å². The number of hydrogen-bond acceptors (Lipinski definition) is 9. The molecule has 0 unspecified atom stereocenters. The molecule has 220 valence electrons. The molecule has 0 aromatic heterocycles. The third-order valence-corrected chi connectivity index (χ3v) is 6.11. The predicted molar refractivity (Wildman–Crippen MR) is 138 cm³/mol. The molecule has 0 fully saturated rings. The van der Waals surface area contributed by atoms with Crippen molar-refractivity contribution in [2.24, 2.45) is 0 Å². The van der Waals surface area contributed by atoms with Crippen LogP contribution in [0.1, 0.15) is 31.1 Å². The van der Waals surface area contributed by atoms with E-state index in [-0.39, 0.29) is 11.1 Å². The van der Waals surface area contributed by atoms with E-state index in [1.165, 1.54) is 72.0 Å². The minimum Gasteiger partial charge on any atom is -0.452 e. The van der Waals surface area contributed by atoms with E-state index in [4.69, 9.17) is 4.74 Å². The number of esters is 1. The number of nitrogens with one attached hydrogen (secondary N) is 1. The fourth-order valence-corrected chi connectivity index (χ4v) is 4.01. The van der Waals surface area contributed by atoms with Crippen LogP contribution in [0.4, 0.5) is 13.2 Å². The molecule has 0 bridgehead atoms. The number of aliphatic hydroxyl groups excluding tert-OH is 2. The summed E-state index contributed by atoms with van der Waals surface area (Å²) in [6.45, 7) is -1.35. The standard InChI is InChI=1S/C29H24F3NO9/c30-29(31,32)27(40)33-23(22(37)21(36)17-10-4-1-5-11-17)28(41,24(38)18-12-6-2-7-13-18)25(20(35)16-34)42-26(39)19-14-8-3-9-15-19/h1-15,20,23,25,34-35,41H,16H2,(H,33,40)/t20-,23+,25+,28+/m1/s1. The van der Waals surface area contributed by atoms with Crippen LogP contribution < -0.4 is 5.32 Å². The first-order valence-corrected chi connectivity index (χ1v) is 12.2. The highest BCUT2D eigenvalue weighted by Gasteiger charge is 2.60. The zero-order valence-corrected chi connectivity index (χ0v) is 21.5. The van der Waals surface area contributed by atoms with Crippen molar-refractivity contribution in [2.75, 3.05) is 6.61 Å². The number of Topliss-reactive ketones (excluding diaryl/α,β-unsaturated/α-hetero) is 3. The first-order valence-electron chi connectivity index (χ1n) is 12.2. The van der Waals surface area contributed by atoms with E-state index >= 15 is 0 Å². The fraction of sp³-hybridized carbons (Fsp3) is 0.207. The highest BCUT2D eigenvalue weighted by atomic mass is 19.4. The first kappa shape index (κ1) is 31.8. The Bertz CT molecular complexity index is 1430. The number of alkyl halides is 3. The largest absolute Gasteiger partial charge is 0.471 e. The van der Waals surface area contributed by atoms with E-state index in [2.05, 4.69) is 0 Å². The van der Waals surface area contributed by atoms with Crippen molar-refractivity contribution >= 4 is 29.2 Å². The highest BCUT2D eigenvalue weighted by molar-refractivity contribution is 6.46. The fourth-order valence-electron chi connectivity index (χ4n) is 4.01. The number of carbonyl (C=O) groups is 5. The molecule has 0 saturated carbocycles. The summed E-state index contributed by atoms with van der Waals surface area (Å²) in [7, 11) is 0. The summed E-state index contributed by atoms with van der Waals surface area (Å²) >= 11 is 0. The number of ether oxygens (including phenoxy) is 1. The summed E-state index contributed by atoms with van der Waals surface area (Å²) < 4.78 is 45.4. The second-order valence-electron chi connectivity index (χ2n) is 8.93. The van der Waals surface area contributed by atoms with Crippen LogP contribution in [0.2, 0.25) is 0 Å². The summed E-state index contributed by atoms with van der Waals surface area (Å²) in [6, 6.07) is 16.1. The van der Waals surface area contributed by atoms with Crippen LogP contribution in [0.3, 0.4) is 0 Å². The zero-order valence-electron chi connectivity index (χ0n) is 21.5. The molecule has 10 nitrogen and oxygen atoms in total. The third-order valence-electron chi connectivity index (χ3n) is 6.11. The molecule has 1 amide bonds. The Morgan fingerprint density at radius 1 is 0.762 bits per heavy atom. The van der Waals surface area contributed by atoms with Crippen LogP contribution in [0, 0.1) is 0 Å². The Balaban J connectivity index is 2.28. The Labute approximate surface area is 236 Å². The second kappa shape index (κ2) is 13.3. The van der Waals surface area contributed by atoms with Crippen molar-refractivity contribution in [1.29, 1.82) is 0 Å². The molecule has 0 aliphatic rings. The van der Waals surface area contributed by atoms with Gasteiger partial charge < -0.3 is 25.4 Å². The van der Waals surface area contributed by atoms with Gasteiger partial charge in [0.1, 0.15) is 12.1 Å². The normalized spacial score (nSPS) is 14.9. The molecule has 4 N–H and O–H groups in total. The lowest BCUT2D eigenvalue weighted by atomic mass is 9.76. The maximum absolute atomic E-state index is 13.9. The van der Waals surface area contributed by atoms with E-state index in [0.29, 0.717) is 0 Å². The molecule has 3 aromatic carbocycles. The van der Waals surface area contributed by atoms with E-state index < -0.39 is 71.4 Å². The second-order valence-corrected chi connectivity index (χ2v) is 8.93. The van der Waals surface area contributed by atoms with Crippen LogP contribution in [0.5, 0.6) is 0 Å². The van der Waals surface area contributed by atoms with E-state index in [0.717, 1.165) is 24.3 Å². The quantitative estimate of drug-likeness (QED) is 0.140. The summed E-state index contributed by atoms with van der Waals surface area (Å²) in [4.78, 5) is 65.6. The predicted octanol–water partition coefficient (Wildman–Crippen LogP) is 1.68. The Morgan fingerprint density at radius 3 is 1.67 bits per heavy atom. The average molecular weight is 588 g/mol. The number of aliphatic hydroxyl groups is 3. The van der Waals surface area contributed by atoms with Gasteiger partial charge in [0.25, 0.3) is 0 Å². The molecule has 0 radical (unpaired) electrons. The minimum atomic E-state index is -5.68. The molecule has 0 spiro atoms. The molecular formula is C29H24F3NO9. The number of hydrogen-bond donors (Lipinski definition) is 4. The van der Waals surface area contributed by atoms with Crippen LogP contribution in [-0.4, -0.2) is 81.2 Å². The van der Waals surface area contributed by atoms with Crippen LogP contribution in [0.15, 0.2) is 91.0 Å². The molecule has 13 heteroatoms. The van der Waals surface area contributed by atoms with Crippen molar-refractivity contribution in [1.82, 2.24) is 5.32 Å². The Kier molecular flexibility index (Phi) is 10.1. The number of ketones is 3. The molecule has 0 saturated heterocycles. The van der Waals surface area contributed by atoms with E-state index in [1.807, 2.05) is 0 Å². The van der Waals surface area contributed by atoms with Crippen molar-refractivity contribution in [3.05, 3.63) is 108 Å². The Morgan fingerprint density at radius 2 is 1.21 bits per heavy atom. The van der Waals surface area contributed by atoms with Gasteiger partial charge in [-0.3, -0.25) is 19.2 Å². The lowest BCUT2D eigenvalue weighted by Crippen LogP contribution is -2.71. The Hall–Kier alpha value is -4.72. The SMILES string of the molecule is O=C(O[C@@H]([C@H](O)CO)[C@@](O)(C(=O)c1ccccc1)[C@@H](NC(=O)C(F)(F)F)C(=O)C(=O)c1ccccc1)c1ccccc1. The third kappa shape index (κ3) is 6.94. The van der Waals surface area contributed by atoms with Gasteiger partial charge in [-0.15, -0.1) is 0 Å². The van der Waals surface area contributed by atoms with E-state index in [1.54, 1.807) is 0 Å². The molecule has 4 atom stereocenters. The van der Waals surface area contributed by atoms with Crippen LogP contribution >= 0.6 is 0 Å². The van der Waals surface area contributed by atoms with Crippen molar-refractivity contribution in [3.8, 4) is 0 Å². The van der Waals surface area contributed by atoms with Crippen molar-refractivity contribution < 1.29 is 57.2 Å². The van der Waals surface area contributed by atoms with Gasteiger partial charge in [-0.25, -0.2) is 4.79 Å². The lowest BCUT2D eigenvalue weighted by molar-refractivity contribution is -0.179. The lowest BCUT2D eigenvalue weighted by Gasteiger charge is -2.41. The summed E-state index contributed by atoms with van der Waals surface area (Å²) in [6.07, 6.45) is -10.8. The molecular weight excluding hydrogens is 563 g/mol. The molecule has 0 aliphatic heterocycles. The van der Waals surface area contributed by atoms with Gasteiger partial charge in [-0.05, 0) is 12.1 Å². The highest BCUT2D eigenvalue weighted by Crippen LogP contribution is 2.30. The molecule has 3 rings (SSSR count). The molecule has 0 heterocycles. The van der Waals surface area contributed by atoms with Crippen molar-refractivity contribution in [3.63, 3.8) is 0 Å².